The van der Waals surface area contributed by atoms with Gasteiger partial charge in [0.05, 0.1) is 13.1 Å². The van der Waals surface area contributed by atoms with Crippen LogP contribution in [0, 0.1) is 6.92 Å². The standard InChI is InChI=1S/C24H31N3O3/c1-18-16-19(24(29)27-20-8-4-2-5-9-20)12-13-22(18)26-17-23(28)25-14-15-30-21-10-6-3-7-11-21/h3,6-7,10-13,16,20,26H,2,4-5,8-9,14-15,17H2,1H3,(H,25,28)(H,27,29). The first kappa shape index (κ1) is 21.7. The van der Waals surface area contributed by atoms with Crippen LogP contribution in [0.4, 0.5) is 5.69 Å². The van der Waals surface area contributed by atoms with Crippen molar-refractivity contribution in [2.75, 3.05) is 25.0 Å². The number of benzene rings is 2. The van der Waals surface area contributed by atoms with E-state index in [9.17, 15) is 9.59 Å². The summed E-state index contributed by atoms with van der Waals surface area (Å²) in [5, 5.41) is 9.10. The highest BCUT2D eigenvalue weighted by Gasteiger charge is 2.17. The Kier molecular flexibility index (Phi) is 8.12. The molecule has 0 spiro atoms. The molecule has 2 aromatic carbocycles. The molecular formula is C24H31N3O3. The Hall–Kier alpha value is -3.02. The molecule has 0 bridgehead atoms. The minimum atomic E-state index is -0.106. The van der Waals surface area contributed by atoms with Crippen molar-refractivity contribution in [2.45, 2.75) is 45.1 Å². The topological polar surface area (TPSA) is 79.5 Å². The third-order valence-electron chi connectivity index (χ3n) is 5.30. The molecule has 6 heteroatoms. The zero-order valence-electron chi connectivity index (χ0n) is 17.6. The van der Waals surface area contributed by atoms with Gasteiger partial charge in [-0.3, -0.25) is 9.59 Å². The zero-order chi connectivity index (χ0) is 21.2. The molecule has 0 saturated heterocycles. The number of aryl methyl sites for hydroxylation is 1. The van der Waals surface area contributed by atoms with Crippen molar-refractivity contribution in [2.24, 2.45) is 0 Å². The van der Waals surface area contributed by atoms with Crippen molar-refractivity contribution >= 4 is 17.5 Å². The normalized spacial score (nSPS) is 14.0. The molecule has 0 heterocycles. The highest BCUT2D eigenvalue weighted by molar-refractivity contribution is 5.95. The van der Waals surface area contributed by atoms with E-state index in [0.29, 0.717) is 24.8 Å². The zero-order valence-corrected chi connectivity index (χ0v) is 17.6. The minimum absolute atomic E-state index is 0.0206. The van der Waals surface area contributed by atoms with Gasteiger partial charge in [-0.25, -0.2) is 0 Å². The molecule has 0 aromatic heterocycles. The number of carbonyl (C=O) groups is 2. The van der Waals surface area contributed by atoms with Crippen molar-refractivity contribution < 1.29 is 14.3 Å². The lowest BCUT2D eigenvalue weighted by Crippen LogP contribution is -2.36. The van der Waals surface area contributed by atoms with Crippen LogP contribution in [-0.4, -0.2) is 37.6 Å². The number of para-hydroxylation sites is 1. The molecule has 1 aliphatic rings. The second kappa shape index (κ2) is 11.2. The Morgan fingerprint density at radius 1 is 1.03 bits per heavy atom. The monoisotopic (exact) mass is 409 g/mol. The van der Waals surface area contributed by atoms with Gasteiger partial charge in [0.15, 0.2) is 0 Å². The third-order valence-corrected chi connectivity index (χ3v) is 5.30. The lowest BCUT2D eigenvalue weighted by molar-refractivity contribution is -0.119. The lowest BCUT2D eigenvalue weighted by atomic mass is 9.95. The van der Waals surface area contributed by atoms with E-state index in [2.05, 4.69) is 16.0 Å². The first-order chi connectivity index (χ1) is 14.6. The molecule has 1 fully saturated rings. The maximum absolute atomic E-state index is 12.5. The Balaban J connectivity index is 1.39. The average Bonchev–Trinajstić information content (AvgIpc) is 2.77. The number of carbonyl (C=O) groups excluding carboxylic acids is 2. The third kappa shape index (κ3) is 6.79. The number of amides is 2. The van der Waals surface area contributed by atoms with Crippen LogP contribution < -0.4 is 20.7 Å². The SMILES string of the molecule is Cc1cc(C(=O)NC2CCCCC2)ccc1NCC(=O)NCCOc1ccccc1. The van der Waals surface area contributed by atoms with Gasteiger partial charge in [0.1, 0.15) is 12.4 Å². The Labute approximate surface area is 178 Å². The van der Waals surface area contributed by atoms with E-state index < -0.39 is 0 Å². The summed E-state index contributed by atoms with van der Waals surface area (Å²) in [5.41, 5.74) is 2.44. The van der Waals surface area contributed by atoms with Gasteiger partial charge in [0, 0.05) is 17.3 Å². The number of rotatable bonds is 9. The molecule has 2 amide bonds. The number of anilines is 1. The van der Waals surface area contributed by atoms with Crippen LogP contribution >= 0.6 is 0 Å². The summed E-state index contributed by atoms with van der Waals surface area (Å²) >= 11 is 0. The van der Waals surface area contributed by atoms with Gasteiger partial charge in [-0.2, -0.15) is 0 Å². The van der Waals surface area contributed by atoms with Crippen molar-refractivity contribution in [3.8, 4) is 5.75 Å². The van der Waals surface area contributed by atoms with Gasteiger partial charge in [-0.1, -0.05) is 37.5 Å². The number of ether oxygens (including phenoxy) is 1. The molecule has 0 aliphatic heterocycles. The minimum Gasteiger partial charge on any atom is -0.492 e. The molecule has 1 saturated carbocycles. The van der Waals surface area contributed by atoms with Crippen LogP contribution in [0.3, 0.4) is 0 Å². The predicted molar refractivity (Wildman–Crippen MR) is 119 cm³/mol. The van der Waals surface area contributed by atoms with E-state index in [1.54, 1.807) is 6.07 Å². The summed E-state index contributed by atoms with van der Waals surface area (Å²) in [7, 11) is 0. The molecular weight excluding hydrogens is 378 g/mol. The van der Waals surface area contributed by atoms with E-state index in [-0.39, 0.29) is 18.4 Å². The quantitative estimate of drug-likeness (QED) is 0.552. The smallest absolute Gasteiger partial charge is 0.251 e. The lowest BCUT2D eigenvalue weighted by Gasteiger charge is -2.23. The highest BCUT2D eigenvalue weighted by atomic mass is 16.5. The molecule has 0 atom stereocenters. The molecule has 0 unspecified atom stereocenters. The predicted octanol–water partition coefficient (Wildman–Crippen LogP) is 3.66. The second-order valence-electron chi connectivity index (χ2n) is 7.70. The molecule has 6 nitrogen and oxygen atoms in total. The first-order valence-electron chi connectivity index (χ1n) is 10.7. The van der Waals surface area contributed by atoms with E-state index in [1.807, 2.05) is 49.4 Å². The molecule has 2 aromatic rings. The maximum Gasteiger partial charge on any atom is 0.251 e. The van der Waals surface area contributed by atoms with E-state index in [4.69, 9.17) is 4.74 Å². The van der Waals surface area contributed by atoms with Crippen molar-refractivity contribution in [3.05, 3.63) is 59.7 Å². The maximum atomic E-state index is 12.5. The fourth-order valence-corrected chi connectivity index (χ4v) is 3.63. The van der Waals surface area contributed by atoms with Gasteiger partial charge in [-0.15, -0.1) is 0 Å². The number of hydrogen-bond donors (Lipinski definition) is 3. The van der Waals surface area contributed by atoms with Gasteiger partial charge in [-0.05, 0) is 55.7 Å². The Morgan fingerprint density at radius 2 is 1.80 bits per heavy atom. The van der Waals surface area contributed by atoms with Crippen LogP contribution in [0.25, 0.3) is 0 Å². The Bertz CT molecular complexity index is 833. The number of hydrogen-bond acceptors (Lipinski definition) is 4. The first-order valence-corrected chi connectivity index (χ1v) is 10.7. The summed E-state index contributed by atoms with van der Waals surface area (Å²) in [6.45, 7) is 2.96. The summed E-state index contributed by atoms with van der Waals surface area (Å²) in [5.74, 6) is 0.658. The van der Waals surface area contributed by atoms with Crippen LogP contribution in [0.2, 0.25) is 0 Å². The van der Waals surface area contributed by atoms with Gasteiger partial charge < -0.3 is 20.7 Å². The fourth-order valence-electron chi connectivity index (χ4n) is 3.63. The van der Waals surface area contributed by atoms with Crippen LogP contribution in [-0.2, 0) is 4.79 Å². The molecule has 30 heavy (non-hydrogen) atoms. The van der Waals surface area contributed by atoms with Crippen molar-refractivity contribution in [1.82, 2.24) is 10.6 Å². The molecule has 3 rings (SSSR count). The van der Waals surface area contributed by atoms with Crippen molar-refractivity contribution in [1.29, 1.82) is 0 Å². The van der Waals surface area contributed by atoms with E-state index >= 15 is 0 Å². The summed E-state index contributed by atoms with van der Waals surface area (Å²) in [6.07, 6.45) is 5.77. The largest absolute Gasteiger partial charge is 0.492 e. The van der Waals surface area contributed by atoms with Crippen LogP contribution in [0.5, 0.6) is 5.75 Å². The summed E-state index contributed by atoms with van der Waals surface area (Å²) in [6, 6.07) is 15.3. The average molecular weight is 410 g/mol. The van der Waals surface area contributed by atoms with Crippen molar-refractivity contribution in [3.63, 3.8) is 0 Å². The highest BCUT2D eigenvalue weighted by Crippen LogP contribution is 2.19. The number of nitrogens with one attached hydrogen (secondary N) is 3. The Morgan fingerprint density at radius 3 is 2.53 bits per heavy atom. The van der Waals surface area contributed by atoms with Crippen LogP contribution in [0.1, 0.15) is 48.0 Å². The summed E-state index contributed by atoms with van der Waals surface area (Å²) < 4.78 is 5.56. The second-order valence-corrected chi connectivity index (χ2v) is 7.70. The molecule has 160 valence electrons. The summed E-state index contributed by atoms with van der Waals surface area (Å²) in [4.78, 5) is 24.5. The molecule has 3 N–H and O–H groups in total. The van der Waals surface area contributed by atoms with E-state index in [1.165, 1.54) is 19.3 Å². The van der Waals surface area contributed by atoms with Gasteiger partial charge in [0.25, 0.3) is 5.91 Å². The molecule has 0 radical (unpaired) electrons. The molecule has 1 aliphatic carbocycles. The van der Waals surface area contributed by atoms with E-state index in [0.717, 1.165) is 29.8 Å². The fraction of sp³-hybridized carbons (Fsp3) is 0.417. The van der Waals surface area contributed by atoms with Gasteiger partial charge in [0.2, 0.25) is 5.91 Å². The van der Waals surface area contributed by atoms with Gasteiger partial charge >= 0.3 is 0 Å². The van der Waals surface area contributed by atoms with Crippen LogP contribution in [0.15, 0.2) is 48.5 Å².